The minimum Gasteiger partial charge on any atom is -0.375 e. The molecule has 0 radical (unpaired) electrons. The number of carbonyl (C=O) groups is 1. The van der Waals surface area contributed by atoms with Crippen LogP contribution in [0.25, 0.3) is 0 Å². The number of aromatic nitrogens is 3. The zero-order valence-electron chi connectivity index (χ0n) is 11.5. The number of nitrogens with zero attached hydrogens (tertiary/aromatic N) is 3. The molecule has 0 saturated heterocycles. The number of para-hydroxylation sites is 1. The Balaban J connectivity index is 1.68. The molecule has 2 aromatic rings. The zero-order valence-corrected chi connectivity index (χ0v) is 11.5. The number of nitrogens with one attached hydrogen (secondary N) is 1. The number of hydrogen-bond acceptors (Lipinski definition) is 4. The SMILES string of the molecule is CCCn1ncnc1CC(=O)C1Cc2ccccc2N1. The molecule has 1 aromatic heterocycles. The van der Waals surface area contributed by atoms with E-state index >= 15 is 0 Å². The van der Waals surface area contributed by atoms with E-state index in [0.29, 0.717) is 6.42 Å². The van der Waals surface area contributed by atoms with Gasteiger partial charge in [0.05, 0.1) is 12.5 Å². The van der Waals surface area contributed by atoms with E-state index < -0.39 is 0 Å². The van der Waals surface area contributed by atoms with Crippen molar-refractivity contribution in [2.24, 2.45) is 0 Å². The van der Waals surface area contributed by atoms with E-state index in [1.807, 2.05) is 22.9 Å². The van der Waals surface area contributed by atoms with Crippen LogP contribution in [0.2, 0.25) is 0 Å². The van der Waals surface area contributed by atoms with Gasteiger partial charge in [-0.25, -0.2) is 9.67 Å². The molecular weight excluding hydrogens is 252 g/mol. The summed E-state index contributed by atoms with van der Waals surface area (Å²) in [4.78, 5) is 16.6. The highest BCUT2D eigenvalue weighted by Gasteiger charge is 2.27. The van der Waals surface area contributed by atoms with Crippen LogP contribution < -0.4 is 5.32 Å². The fourth-order valence-electron chi connectivity index (χ4n) is 2.59. The van der Waals surface area contributed by atoms with E-state index in [1.54, 1.807) is 0 Å². The van der Waals surface area contributed by atoms with Gasteiger partial charge in [-0.3, -0.25) is 4.79 Å². The predicted octanol–water partition coefficient (Wildman–Crippen LogP) is 1.84. The lowest BCUT2D eigenvalue weighted by atomic mass is 10.0. The largest absolute Gasteiger partial charge is 0.375 e. The van der Waals surface area contributed by atoms with E-state index in [9.17, 15) is 4.79 Å². The molecule has 0 aliphatic carbocycles. The van der Waals surface area contributed by atoms with Gasteiger partial charge in [-0.05, 0) is 18.1 Å². The van der Waals surface area contributed by atoms with Gasteiger partial charge in [-0.2, -0.15) is 5.10 Å². The van der Waals surface area contributed by atoms with Crippen molar-refractivity contribution >= 4 is 11.5 Å². The van der Waals surface area contributed by atoms with Crippen LogP contribution in [0.4, 0.5) is 5.69 Å². The number of fused-ring (bicyclic) bond motifs is 1. The summed E-state index contributed by atoms with van der Waals surface area (Å²) in [5.41, 5.74) is 2.28. The molecule has 1 aromatic carbocycles. The molecule has 0 amide bonds. The first kappa shape index (κ1) is 12.8. The summed E-state index contributed by atoms with van der Waals surface area (Å²) in [6.07, 6.45) is 3.61. The minimum atomic E-state index is -0.140. The van der Waals surface area contributed by atoms with Crippen LogP contribution in [-0.2, 0) is 24.2 Å². The number of carbonyl (C=O) groups excluding carboxylic acids is 1. The zero-order chi connectivity index (χ0) is 13.9. The number of anilines is 1. The van der Waals surface area contributed by atoms with E-state index in [0.717, 1.165) is 30.9 Å². The van der Waals surface area contributed by atoms with Gasteiger partial charge in [0.25, 0.3) is 0 Å². The number of hydrogen-bond donors (Lipinski definition) is 1. The van der Waals surface area contributed by atoms with Crippen LogP contribution >= 0.6 is 0 Å². The lowest BCUT2D eigenvalue weighted by molar-refractivity contribution is -0.119. The van der Waals surface area contributed by atoms with Gasteiger partial charge < -0.3 is 5.32 Å². The van der Waals surface area contributed by atoms with E-state index in [4.69, 9.17) is 0 Å². The number of aryl methyl sites for hydroxylation is 1. The van der Waals surface area contributed by atoms with Crippen molar-refractivity contribution in [3.05, 3.63) is 42.0 Å². The van der Waals surface area contributed by atoms with Crippen LogP contribution in [0.1, 0.15) is 24.7 Å². The molecule has 1 unspecified atom stereocenters. The van der Waals surface area contributed by atoms with Crippen LogP contribution in [0.5, 0.6) is 0 Å². The van der Waals surface area contributed by atoms with E-state index in [-0.39, 0.29) is 11.8 Å². The second kappa shape index (κ2) is 5.45. The maximum atomic E-state index is 12.4. The third-order valence-electron chi connectivity index (χ3n) is 3.62. The third-order valence-corrected chi connectivity index (χ3v) is 3.62. The predicted molar refractivity (Wildman–Crippen MR) is 76.6 cm³/mol. The third kappa shape index (κ3) is 2.43. The maximum absolute atomic E-state index is 12.4. The lowest BCUT2D eigenvalue weighted by Crippen LogP contribution is -2.29. The highest BCUT2D eigenvalue weighted by molar-refractivity contribution is 5.90. The Kier molecular flexibility index (Phi) is 3.50. The molecule has 1 aliphatic rings. The summed E-state index contributed by atoms with van der Waals surface area (Å²) in [5, 5.41) is 7.45. The van der Waals surface area contributed by atoms with Gasteiger partial charge in [0.2, 0.25) is 0 Å². The van der Waals surface area contributed by atoms with Crippen molar-refractivity contribution in [1.29, 1.82) is 0 Å². The summed E-state index contributed by atoms with van der Waals surface area (Å²) in [6.45, 7) is 2.89. The van der Waals surface area contributed by atoms with Crippen molar-refractivity contribution in [3.8, 4) is 0 Å². The highest BCUT2D eigenvalue weighted by Crippen LogP contribution is 2.25. The first-order valence-electron chi connectivity index (χ1n) is 7.01. The summed E-state index contributed by atoms with van der Waals surface area (Å²) in [5.74, 6) is 0.932. The standard InChI is InChI=1S/C15H18N4O/c1-2-7-19-15(16-10-17-19)9-14(20)13-8-11-5-3-4-6-12(11)18-13/h3-6,10,13,18H,2,7-9H2,1H3. The topological polar surface area (TPSA) is 59.8 Å². The molecule has 1 atom stereocenters. The summed E-state index contributed by atoms with van der Waals surface area (Å²) in [6, 6.07) is 7.93. The molecule has 5 heteroatoms. The van der Waals surface area contributed by atoms with Gasteiger partial charge in [0.1, 0.15) is 12.2 Å². The Hall–Kier alpha value is -2.17. The van der Waals surface area contributed by atoms with Crippen molar-refractivity contribution in [1.82, 2.24) is 14.8 Å². The maximum Gasteiger partial charge on any atom is 0.162 e. The van der Waals surface area contributed by atoms with Gasteiger partial charge in [-0.15, -0.1) is 0 Å². The van der Waals surface area contributed by atoms with Crippen molar-refractivity contribution in [2.75, 3.05) is 5.32 Å². The average Bonchev–Trinajstić information content (AvgIpc) is 3.06. The quantitative estimate of drug-likeness (QED) is 0.900. The molecule has 3 rings (SSSR count). The molecule has 0 saturated carbocycles. The van der Waals surface area contributed by atoms with Crippen LogP contribution in [0, 0.1) is 0 Å². The molecular formula is C15H18N4O. The number of Topliss-reactive ketones (excluding diaryl/α,β-unsaturated/α-hetero) is 1. The second-order valence-electron chi connectivity index (χ2n) is 5.10. The molecule has 5 nitrogen and oxygen atoms in total. The number of benzene rings is 1. The summed E-state index contributed by atoms with van der Waals surface area (Å²) >= 11 is 0. The van der Waals surface area contributed by atoms with Crippen molar-refractivity contribution in [2.45, 2.75) is 38.8 Å². The highest BCUT2D eigenvalue weighted by atomic mass is 16.1. The fourth-order valence-corrected chi connectivity index (χ4v) is 2.59. The van der Waals surface area contributed by atoms with Gasteiger partial charge in [0.15, 0.2) is 5.78 Å². The smallest absolute Gasteiger partial charge is 0.162 e. The van der Waals surface area contributed by atoms with Crippen molar-refractivity contribution in [3.63, 3.8) is 0 Å². The molecule has 2 heterocycles. The van der Waals surface area contributed by atoms with Gasteiger partial charge in [0, 0.05) is 18.7 Å². The molecule has 1 N–H and O–H groups in total. The Morgan fingerprint density at radius 3 is 3.10 bits per heavy atom. The van der Waals surface area contributed by atoms with E-state index in [1.165, 1.54) is 11.9 Å². The van der Waals surface area contributed by atoms with Crippen LogP contribution in [-0.4, -0.2) is 26.6 Å². The molecule has 104 valence electrons. The Labute approximate surface area is 118 Å². The second-order valence-corrected chi connectivity index (χ2v) is 5.10. The molecule has 1 aliphatic heterocycles. The van der Waals surface area contributed by atoms with Crippen LogP contribution in [0.3, 0.4) is 0 Å². The number of ketones is 1. The van der Waals surface area contributed by atoms with Gasteiger partial charge >= 0.3 is 0 Å². The Morgan fingerprint density at radius 2 is 2.30 bits per heavy atom. The van der Waals surface area contributed by atoms with Crippen molar-refractivity contribution < 1.29 is 4.79 Å². The van der Waals surface area contributed by atoms with Gasteiger partial charge in [-0.1, -0.05) is 25.1 Å². The molecule has 0 spiro atoms. The molecule has 0 bridgehead atoms. The molecule has 0 fully saturated rings. The lowest BCUT2D eigenvalue weighted by Gasteiger charge is -2.10. The van der Waals surface area contributed by atoms with E-state index in [2.05, 4.69) is 28.4 Å². The monoisotopic (exact) mass is 270 g/mol. The Morgan fingerprint density at radius 1 is 1.45 bits per heavy atom. The first-order chi connectivity index (χ1) is 9.78. The fraction of sp³-hybridized carbons (Fsp3) is 0.400. The molecule has 20 heavy (non-hydrogen) atoms. The normalized spacial score (nSPS) is 16.8. The number of rotatable bonds is 5. The summed E-state index contributed by atoms with van der Waals surface area (Å²) < 4.78 is 1.82. The minimum absolute atomic E-state index is 0.140. The van der Waals surface area contributed by atoms with Crippen LogP contribution in [0.15, 0.2) is 30.6 Å². The average molecular weight is 270 g/mol. The first-order valence-corrected chi connectivity index (χ1v) is 7.01. The summed E-state index contributed by atoms with van der Waals surface area (Å²) in [7, 11) is 0. The Bertz CT molecular complexity index is 595.